The van der Waals surface area contributed by atoms with Crippen molar-refractivity contribution in [3.8, 4) is 5.75 Å². The van der Waals surface area contributed by atoms with Crippen LogP contribution in [0.2, 0.25) is 5.02 Å². The molecule has 1 unspecified atom stereocenters. The fourth-order valence-electron chi connectivity index (χ4n) is 2.69. The zero-order chi connectivity index (χ0) is 19.6. The Morgan fingerprint density at radius 1 is 1.22 bits per heavy atom. The summed E-state index contributed by atoms with van der Waals surface area (Å²) in [6.07, 6.45) is 1.51. The Balaban J connectivity index is 1.80. The largest absolute Gasteiger partial charge is 0.481 e. The monoisotopic (exact) mass is 378 g/mol. The van der Waals surface area contributed by atoms with Crippen molar-refractivity contribution in [2.24, 2.45) is 11.0 Å². The first-order valence-corrected chi connectivity index (χ1v) is 8.38. The molecule has 3 rings (SSSR count). The van der Waals surface area contributed by atoms with Crippen molar-refractivity contribution in [3.63, 3.8) is 0 Å². The van der Waals surface area contributed by atoms with Crippen molar-refractivity contribution in [1.29, 1.82) is 0 Å². The van der Waals surface area contributed by atoms with Crippen LogP contribution in [-0.4, -0.2) is 51.9 Å². The first-order valence-electron chi connectivity index (χ1n) is 8.00. The number of carbonyl (C=O) groups excluding carboxylic acids is 1. The summed E-state index contributed by atoms with van der Waals surface area (Å²) in [4.78, 5) is 23.7. The second-order valence-electron chi connectivity index (χ2n) is 5.97. The highest BCUT2D eigenvalue weighted by atomic mass is 35.5. The van der Waals surface area contributed by atoms with Gasteiger partial charge in [-0.1, -0.05) is 40.7 Å². The molecule has 1 heterocycles. The van der Waals surface area contributed by atoms with Crippen LogP contribution in [0.1, 0.15) is 10.4 Å². The summed E-state index contributed by atoms with van der Waals surface area (Å²) in [5, 5.41) is 15.1. The van der Waals surface area contributed by atoms with Crippen molar-refractivity contribution in [1.82, 2.24) is 0 Å². The number of hydrogen-bond acceptors (Lipinski definition) is 5. The summed E-state index contributed by atoms with van der Waals surface area (Å²) in [5.41, 5.74) is 1.74. The SMILES string of the molecule is [B]c1ccc(N2CC(C(=O)c3cc([B])ccc3OCC(=O)O)C=N2)c(Cl)c1. The van der Waals surface area contributed by atoms with E-state index in [0.29, 0.717) is 21.6 Å². The molecule has 132 valence electrons. The predicted molar refractivity (Wildman–Crippen MR) is 105 cm³/mol. The molecule has 1 aliphatic heterocycles. The van der Waals surface area contributed by atoms with Gasteiger partial charge in [0.15, 0.2) is 12.4 Å². The summed E-state index contributed by atoms with van der Waals surface area (Å²) in [5.74, 6) is -1.82. The lowest BCUT2D eigenvalue weighted by molar-refractivity contribution is -0.139. The van der Waals surface area contributed by atoms with Gasteiger partial charge in [-0.15, -0.1) is 0 Å². The Morgan fingerprint density at radius 2 is 1.93 bits per heavy atom. The average molecular weight is 378 g/mol. The fourth-order valence-corrected chi connectivity index (χ4v) is 2.98. The third-order valence-electron chi connectivity index (χ3n) is 3.96. The Hall–Kier alpha value is -2.73. The number of nitrogens with zero attached hydrogens (tertiary/aromatic N) is 2. The Bertz CT molecular complexity index is 936. The van der Waals surface area contributed by atoms with Crippen LogP contribution in [-0.2, 0) is 4.79 Å². The lowest BCUT2D eigenvalue weighted by atomic mass is 9.90. The van der Waals surface area contributed by atoms with Crippen molar-refractivity contribution in [2.45, 2.75) is 0 Å². The van der Waals surface area contributed by atoms with Crippen LogP contribution >= 0.6 is 11.6 Å². The molecule has 9 heteroatoms. The Morgan fingerprint density at radius 3 is 2.63 bits per heavy atom. The van der Waals surface area contributed by atoms with Crippen LogP contribution in [0.15, 0.2) is 41.5 Å². The van der Waals surface area contributed by atoms with Crippen LogP contribution in [0.5, 0.6) is 5.75 Å². The molecule has 2 aromatic rings. The van der Waals surface area contributed by atoms with Gasteiger partial charge in [0.1, 0.15) is 21.4 Å². The minimum Gasteiger partial charge on any atom is -0.481 e. The van der Waals surface area contributed by atoms with Crippen LogP contribution in [0.25, 0.3) is 0 Å². The van der Waals surface area contributed by atoms with E-state index in [1.165, 1.54) is 24.4 Å². The molecule has 0 aromatic heterocycles. The van der Waals surface area contributed by atoms with Crippen molar-refractivity contribution in [2.75, 3.05) is 18.2 Å². The van der Waals surface area contributed by atoms with Gasteiger partial charge in [-0.25, -0.2) is 4.79 Å². The van der Waals surface area contributed by atoms with Gasteiger partial charge in [0, 0.05) is 6.21 Å². The number of anilines is 1. The van der Waals surface area contributed by atoms with Crippen LogP contribution in [0.3, 0.4) is 0 Å². The minimum absolute atomic E-state index is 0.161. The van der Waals surface area contributed by atoms with Gasteiger partial charge in [0.05, 0.1) is 28.7 Å². The second kappa shape index (κ2) is 7.88. The highest BCUT2D eigenvalue weighted by Gasteiger charge is 2.29. The number of Topliss-reactive ketones (excluding diaryl/α,β-unsaturated/α-hetero) is 1. The smallest absolute Gasteiger partial charge is 0.341 e. The van der Waals surface area contributed by atoms with E-state index in [9.17, 15) is 9.59 Å². The van der Waals surface area contributed by atoms with Crippen molar-refractivity contribution < 1.29 is 19.4 Å². The standard InChI is InChI=1S/C18H13B2ClN2O4/c19-11-2-4-16(27-9-17(24)25)13(5-11)18(26)10-7-22-23(8-10)15-3-1-12(20)6-14(15)21/h1-7,10H,8-9H2,(H,24,25). The molecule has 0 spiro atoms. The van der Waals surface area contributed by atoms with Crippen molar-refractivity contribution in [3.05, 3.63) is 47.0 Å². The van der Waals surface area contributed by atoms with Gasteiger partial charge >= 0.3 is 5.97 Å². The summed E-state index contributed by atoms with van der Waals surface area (Å²) in [6.45, 7) is -0.286. The van der Waals surface area contributed by atoms with E-state index in [2.05, 4.69) is 5.10 Å². The molecular weight excluding hydrogens is 365 g/mol. The molecule has 6 nitrogen and oxygen atoms in total. The normalized spacial score (nSPS) is 15.7. The van der Waals surface area contributed by atoms with E-state index < -0.39 is 18.5 Å². The first-order chi connectivity index (χ1) is 12.8. The molecule has 1 aliphatic rings. The molecule has 0 fully saturated rings. The molecule has 27 heavy (non-hydrogen) atoms. The van der Waals surface area contributed by atoms with E-state index in [0.717, 1.165) is 0 Å². The molecule has 1 N–H and O–H groups in total. The maximum atomic E-state index is 12.9. The molecule has 2 aromatic carbocycles. The Kier molecular flexibility index (Phi) is 5.56. The van der Waals surface area contributed by atoms with Crippen LogP contribution in [0.4, 0.5) is 5.69 Å². The van der Waals surface area contributed by atoms with E-state index in [-0.39, 0.29) is 23.6 Å². The molecule has 0 amide bonds. The molecule has 0 bridgehead atoms. The summed E-state index contributed by atoms with van der Waals surface area (Å²) >= 11 is 6.20. The third kappa shape index (κ3) is 4.34. The number of carboxylic acids is 1. The van der Waals surface area contributed by atoms with Gasteiger partial charge in [0.2, 0.25) is 0 Å². The molecule has 0 aliphatic carbocycles. The maximum absolute atomic E-state index is 12.9. The van der Waals surface area contributed by atoms with Gasteiger partial charge in [-0.3, -0.25) is 9.80 Å². The highest BCUT2D eigenvalue weighted by molar-refractivity contribution is 6.37. The van der Waals surface area contributed by atoms with Crippen molar-refractivity contribution >= 4 is 61.9 Å². The molecule has 0 saturated heterocycles. The second-order valence-corrected chi connectivity index (χ2v) is 6.37. The molecule has 0 saturated carbocycles. The zero-order valence-electron chi connectivity index (χ0n) is 14.1. The lowest BCUT2D eigenvalue weighted by Gasteiger charge is -2.18. The number of hydrogen-bond donors (Lipinski definition) is 1. The highest BCUT2D eigenvalue weighted by Crippen LogP contribution is 2.29. The van der Waals surface area contributed by atoms with Crippen LogP contribution in [0, 0.1) is 5.92 Å². The number of carboxylic acid groups (broad SMARTS) is 1. The number of hydrazone groups is 1. The number of halogens is 1. The van der Waals surface area contributed by atoms with Crippen LogP contribution < -0.4 is 20.7 Å². The molecule has 1 atom stereocenters. The summed E-state index contributed by atoms with van der Waals surface area (Å²) in [6, 6.07) is 9.51. The first kappa shape index (κ1) is 19.0. The number of ether oxygens (including phenoxy) is 1. The van der Waals surface area contributed by atoms with Gasteiger partial charge in [0.25, 0.3) is 0 Å². The zero-order valence-corrected chi connectivity index (χ0v) is 14.9. The number of aliphatic carboxylic acids is 1. The van der Waals surface area contributed by atoms with E-state index in [1.807, 2.05) is 0 Å². The molecule has 4 radical (unpaired) electrons. The predicted octanol–water partition coefficient (Wildman–Crippen LogP) is 0.696. The average Bonchev–Trinajstić information content (AvgIpc) is 3.09. The van der Waals surface area contributed by atoms with E-state index >= 15 is 0 Å². The fraction of sp³-hybridized carbons (Fsp3) is 0.167. The van der Waals surface area contributed by atoms with E-state index in [4.69, 9.17) is 37.1 Å². The van der Waals surface area contributed by atoms with Gasteiger partial charge < -0.3 is 9.84 Å². The number of carbonyl (C=O) groups is 2. The third-order valence-corrected chi connectivity index (χ3v) is 4.27. The quantitative estimate of drug-likeness (QED) is 0.591. The summed E-state index contributed by atoms with van der Waals surface area (Å²) in [7, 11) is 11.5. The van der Waals surface area contributed by atoms with Gasteiger partial charge in [-0.2, -0.15) is 5.10 Å². The Labute approximate surface area is 163 Å². The minimum atomic E-state index is -1.14. The van der Waals surface area contributed by atoms with E-state index in [1.54, 1.807) is 23.2 Å². The summed E-state index contributed by atoms with van der Waals surface area (Å²) < 4.78 is 5.21. The number of benzene rings is 2. The number of ketones is 1. The number of rotatable bonds is 6. The van der Waals surface area contributed by atoms with Gasteiger partial charge in [-0.05, 0) is 18.2 Å². The topological polar surface area (TPSA) is 79.2 Å². The maximum Gasteiger partial charge on any atom is 0.341 e. The lowest BCUT2D eigenvalue weighted by Crippen LogP contribution is -2.26. The molecular formula is C18H13B2ClN2O4.